The number of nitrogens with zero attached hydrogens (tertiary/aromatic N) is 3. The van der Waals surface area contributed by atoms with Crippen LogP contribution in [0.3, 0.4) is 0 Å². The summed E-state index contributed by atoms with van der Waals surface area (Å²) in [7, 11) is 5.39. The van der Waals surface area contributed by atoms with E-state index in [1.165, 1.54) is 0 Å². The van der Waals surface area contributed by atoms with Gasteiger partial charge in [-0.3, -0.25) is 9.78 Å². The van der Waals surface area contributed by atoms with Crippen LogP contribution in [-0.4, -0.2) is 23.7 Å². The lowest BCUT2D eigenvalue weighted by molar-refractivity contribution is 0.419. The number of pyridine rings is 2. The highest BCUT2D eigenvalue weighted by atomic mass is 16.5. The van der Waals surface area contributed by atoms with Crippen LogP contribution >= 0.6 is 0 Å². The van der Waals surface area contributed by atoms with E-state index < -0.39 is 0 Å². The molecule has 0 amide bonds. The van der Waals surface area contributed by atoms with Crippen LogP contribution in [0.2, 0.25) is 0 Å². The molecule has 2 aromatic heterocycles. The maximum Gasteiger partial charge on any atom is 0.253 e. The van der Waals surface area contributed by atoms with Crippen molar-refractivity contribution in [2.45, 2.75) is 6.92 Å². The van der Waals surface area contributed by atoms with Crippen LogP contribution in [0.5, 0.6) is 5.75 Å². The quantitative estimate of drug-likeness (QED) is 0.746. The van der Waals surface area contributed by atoms with Crippen molar-refractivity contribution in [2.75, 3.05) is 19.1 Å². The smallest absolute Gasteiger partial charge is 0.253 e. The number of fused-ring (bicyclic) bond motifs is 1. The molecule has 0 aliphatic carbocycles. The fourth-order valence-corrected chi connectivity index (χ4v) is 2.74. The molecule has 0 saturated carbocycles. The van der Waals surface area contributed by atoms with E-state index in [0.29, 0.717) is 5.56 Å². The molecule has 23 heavy (non-hydrogen) atoms. The largest absolute Gasteiger partial charge is 0.496 e. The number of methoxy groups -OCH3 is 1. The highest BCUT2D eigenvalue weighted by Gasteiger charge is 2.13. The molecule has 3 aromatic rings. The number of aryl methyl sites for hydroxylation is 2. The lowest BCUT2D eigenvalue weighted by Crippen LogP contribution is -2.20. The molecule has 0 bridgehead atoms. The van der Waals surface area contributed by atoms with Crippen LogP contribution in [0.4, 0.5) is 11.4 Å². The first-order valence-electron chi connectivity index (χ1n) is 7.35. The zero-order valence-corrected chi connectivity index (χ0v) is 13.7. The van der Waals surface area contributed by atoms with Crippen molar-refractivity contribution in [3.63, 3.8) is 0 Å². The Kier molecular flexibility index (Phi) is 3.78. The lowest BCUT2D eigenvalue weighted by atomic mass is 10.1. The summed E-state index contributed by atoms with van der Waals surface area (Å²) in [6.07, 6.45) is 3.54. The molecule has 2 heterocycles. The van der Waals surface area contributed by atoms with Crippen molar-refractivity contribution in [3.05, 3.63) is 58.6 Å². The number of hydrogen-bond acceptors (Lipinski definition) is 4. The van der Waals surface area contributed by atoms with E-state index in [1.54, 1.807) is 31.1 Å². The molecule has 118 valence electrons. The van der Waals surface area contributed by atoms with Gasteiger partial charge in [0.1, 0.15) is 5.75 Å². The second kappa shape index (κ2) is 5.76. The Morgan fingerprint density at radius 3 is 2.65 bits per heavy atom. The van der Waals surface area contributed by atoms with Gasteiger partial charge in [-0.25, -0.2) is 0 Å². The first-order valence-corrected chi connectivity index (χ1v) is 7.35. The Morgan fingerprint density at radius 2 is 2.00 bits per heavy atom. The second-order valence-corrected chi connectivity index (χ2v) is 5.54. The predicted molar refractivity (Wildman–Crippen MR) is 92.8 cm³/mol. The van der Waals surface area contributed by atoms with Crippen LogP contribution < -0.4 is 15.2 Å². The van der Waals surface area contributed by atoms with Crippen molar-refractivity contribution >= 4 is 22.3 Å². The highest BCUT2D eigenvalue weighted by molar-refractivity contribution is 5.90. The molecule has 0 saturated heterocycles. The minimum atomic E-state index is 0.000680. The normalized spacial score (nSPS) is 10.8. The third-order valence-electron chi connectivity index (χ3n) is 4.11. The van der Waals surface area contributed by atoms with Gasteiger partial charge in [0.05, 0.1) is 24.5 Å². The molecule has 0 fully saturated rings. The van der Waals surface area contributed by atoms with Crippen LogP contribution in [0, 0.1) is 6.92 Å². The third-order valence-corrected chi connectivity index (χ3v) is 4.11. The number of rotatable bonds is 3. The minimum absolute atomic E-state index is 0.000680. The Morgan fingerprint density at radius 1 is 1.22 bits per heavy atom. The van der Waals surface area contributed by atoms with Gasteiger partial charge in [0.2, 0.25) is 0 Å². The number of ether oxygens (including phenoxy) is 1. The van der Waals surface area contributed by atoms with E-state index >= 15 is 0 Å². The van der Waals surface area contributed by atoms with E-state index in [9.17, 15) is 4.79 Å². The number of anilines is 2. The van der Waals surface area contributed by atoms with Crippen LogP contribution in [-0.2, 0) is 7.05 Å². The molecule has 0 N–H and O–H groups in total. The molecule has 0 unspecified atom stereocenters. The fourth-order valence-electron chi connectivity index (χ4n) is 2.74. The number of aromatic nitrogens is 2. The minimum Gasteiger partial charge on any atom is -0.496 e. The molecule has 3 rings (SSSR count). The molecule has 5 nitrogen and oxygen atoms in total. The Balaban J connectivity index is 2.26. The molecule has 0 atom stereocenters. The summed E-state index contributed by atoms with van der Waals surface area (Å²) in [6.45, 7) is 1.82. The summed E-state index contributed by atoms with van der Waals surface area (Å²) in [5.41, 5.74) is 3.44. The van der Waals surface area contributed by atoms with Gasteiger partial charge in [-0.05, 0) is 31.2 Å². The van der Waals surface area contributed by atoms with Crippen molar-refractivity contribution in [2.24, 2.45) is 7.05 Å². The van der Waals surface area contributed by atoms with Gasteiger partial charge < -0.3 is 14.2 Å². The van der Waals surface area contributed by atoms with Crippen LogP contribution in [0.1, 0.15) is 5.56 Å². The van der Waals surface area contributed by atoms with Crippen LogP contribution in [0.25, 0.3) is 10.9 Å². The lowest BCUT2D eigenvalue weighted by Gasteiger charge is -2.21. The van der Waals surface area contributed by atoms with E-state index in [1.807, 2.05) is 49.2 Å². The Hall–Kier alpha value is -2.82. The topological polar surface area (TPSA) is 47.4 Å². The van der Waals surface area contributed by atoms with E-state index in [0.717, 1.165) is 28.0 Å². The molecule has 1 aromatic carbocycles. The summed E-state index contributed by atoms with van der Waals surface area (Å²) >= 11 is 0. The molecule has 0 aliphatic rings. The van der Waals surface area contributed by atoms with Gasteiger partial charge in [-0.2, -0.15) is 0 Å². The molecule has 0 radical (unpaired) electrons. The summed E-state index contributed by atoms with van der Waals surface area (Å²) in [5, 5.41) is 0.926. The van der Waals surface area contributed by atoms with Gasteiger partial charge in [-0.1, -0.05) is 0 Å². The molecular weight excluding hydrogens is 290 g/mol. The van der Waals surface area contributed by atoms with E-state index in [2.05, 4.69) is 4.98 Å². The molecular formula is C18H19N3O2. The number of benzene rings is 1. The molecule has 5 heteroatoms. The predicted octanol–water partition coefficient (Wildman–Crippen LogP) is 3.02. The van der Waals surface area contributed by atoms with Gasteiger partial charge in [0.15, 0.2) is 0 Å². The summed E-state index contributed by atoms with van der Waals surface area (Å²) in [5.74, 6) is 0.743. The molecule has 0 aliphatic heterocycles. The number of hydrogen-bond donors (Lipinski definition) is 0. The third kappa shape index (κ3) is 2.54. The fraction of sp³-hybridized carbons (Fsp3) is 0.222. The highest BCUT2D eigenvalue weighted by Crippen LogP contribution is 2.33. The van der Waals surface area contributed by atoms with Crippen LogP contribution in [0.15, 0.2) is 47.5 Å². The summed E-state index contributed by atoms with van der Waals surface area (Å²) in [4.78, 5) is 18.4. The first kappa shape index (κ1) is 15.1. The Bertz CT molecular complexity index is 917. The first-order chi connectivity index (χ1) is 11.0. The van der Waals surface area contributed by atoms with Crippen molar-refractivity contribution < 1.29 is 4.74 Å². The SMILES string of the molecule is COc1cc(N(C)c2cccnc2)cc2c1cc(C)c(=O)n2C. The average Bonchev–Trinajstić information content (AvgIpc) is 2.59. The second-order valence-electron chi connectivity index (χ2n) is 5.54. The van der Waals surface area contributed by atoms with Crippen molar-refractivity contribution in [1.82, 2.24) is 9.55 Å². The van der Waals surface area contributed by atoms with Crippen molar-refractivity contribution in [1.29, 1.82) is 0 Å². The van der Waals surface area contributed by atoms with Gasteiger partial charge in [0.25, 0.3) is 5.56 Å². The monoisotopic (exact) mass is 309 g/mol. The molecule has 0 spiro atoms. The standard InChI is InChI=1S/C18H19N3O2/c1-12-8-15-16(21(3)18(12)22)9-14(10-17(15)23-4)20(2)13-6-5-7-19-11-13/h5-11H,1-4H3. The maximum atomic E-state index is 12.2. The van der Waals surface area contributed by atoms with E-state index in [-0.39, 0.29) is 5.56 Å². The Labute approximate surface area is 134 Å². The summed E-state index contributed by atoms with van der Waals surface area (Å²) in [6, 6.07) is 9.72. The average molecular weight is 309 g/mol. The zero-order chi connectivity index (χ0) is 16.6. The van der Waals surface area contributed by atoms with E-state index in [4.69, 9.17) is 4.74 Å². The maximum absolute atomic E-state index is 12.2. The zero-order valence-electron chi connectivity index (χ0n) is 13.7. The summed E-state index contributed by atoms with van der Waals surface area (Å²) < 4.78 is 7.21. The van der Waals surface area contributed by atoms with Gasteiger partial charge >= 0.3 is 0 Å². The van der Waals surface area contributed by atoms with Gasteiger partial charge in [0, 0.05) is 43.0 Å². The van der Waals surface area contributed by atoms with Gasteiger partial charge in [-0.15, -0.1) is 0 Å². The van der Waals surface area contributed by atoms with Crippen molar-refractivity contribution in [3.8, 4) is 5.75 Å².